The number of rotatable bonds is 3. The van der Waals surface area contributed by atoms with E-state index in [1.165, 1.54) is 7.11 Å². The summed E-state index contributed by atoms with van der Waals surface area (Å²) < 4.78 is 8.43. The smallest absolute Gasteiger partial charge is 0.339 e. The minimum absolute atomic E-state index is 0.245. The Kier molecular flexibility index (Phi) is 5.25. The van der Waals surface area contributed by atoms with Crippen LogP contribution >= 0.6 is 0 Å². The molecular weight excluding hydrogens is 346 g/mol. The molecule has 3 rings (SSSR count). The van der Waals surface area contributed by atoms with Gasteiger partial charge in [0.2, 0.25) is 11.7 Å². The van der Waals surface area contributed by atoms with Crippen molar-refractivity contribution in [2.24, 2.45) is 0 Å². The number of hydrogen-bond donors (Lipinski definition) is 1. The molecule has 0 spiro atoms. The third kappa shape index (κ3) is 3.69. The highest BCUT2D eigenvalue weighted by atomic mass is 16.5. The molecule has 1 unspecified atom stereocenters. The number of methoxy groups -OCH3 is 1. The number of benzene rings is 1. The van der Waals surface area contributed by atoms with Crippen molar-refractivity contribution >= 4 is 23.4 Å². The van der Waals surface area contributed by atoms with Gasteiger partial charge in [0.1, 0.15) is 6.20 Å². The van der Waals surface area contributed by atoms with Crippen LogP contribution in [-0.4, -0.2) is 52.1 Å². The molecule has 0 fully saturated rings. The van der Waals surface area contributed by atoms with Crippen molar-refractivity contribution in [3.05, 3.63) is 53.0 Å². The van der Waals surface area contributed by atoms with Crippen LogP contribution in [0, 0.1) is 13.8 Å². The van der Waals surface area contributed by atoms with Gasteiger partial charge in [-0.3, -0.25) is 4.79 Å². The van der Waals surface area contributed by atoms with Crippen molar-refractivity contribution in [3.63, 3.8) is 0 Å². The maximum Gasteiger partial charge on any atom is 0.339 e. The highest BCUT2D eigenvalue weighted by Gasteiger charge is 2.24. The van der Waals surface area contributed by atoms with Crippen molar-refractivity contribution < 1.29 is 19.0 Å². The van der Waals surface area contributed by atoms with Crippen molar-refractivity contribution in [2.45, 2.75) is 32.7 Å². The lowest BCUT2D eigenvalue weighted by Gasteiger charge is -2.35. The third-order valence-corrected chi connectivity index (χ3v) is 4.82. The summed E-state index contributed by atoms with van der Waals surface area (Å²) in [5.41, 5.74) is 7.11. The first-order chi connectivity index (χ1) is 12.9. The fourth-order valence-corrected chi connectivity index (χ4v) is 3.12. The Morgan fingerprint density at radius 3 is 2.78 bits per heavy atom. The lowest BCUT2D eigenvalue weighted by Crippen LogP contribution is -2.37. The van der Waals surface area contributed by atoms with Crippen LogP contribution in [0.25, 0.3) is 5.43 Å². The molecular formula is C19H23N5O3. The standard InChI is InChI=1S/C19H23N5O3/c1-12-5-6-14(19(26)27-4)17(13(12)2)21-18(25)15-7-8-16(23(3)22-15)24-10-9-20-11-24/h5-6,9-11,15H,7-8H2,1-4H3,(H,21,25). The first-order valence-electron chi connectivity index (χ1n) is 8.70. The molecule has 1 aromatic carbocycles. The minimum atomic E-state index is -0.535. The summed E-state index contributed by atoms with van der Waals surface area (Å²) in [5.74, 6) is 0.228. The highest BCUT2D eigenvalue weighted by molar-refractivity contribution is 6.04. The lowest BCUT2D eigenvalue weighted by atomic mass is 10.0. The molecule has 1 N–H and O–H groups in total. The predicted molar refractivity (Wildman–Crippen MR) is 101 cm³/mol. The Morgan fingerprint density at radius 1 is 1.37 bits per heavy atom. The largest absolute Gasteiger partial charge is 0.516 e. The zero-order chi connectivity index (χ0) is 19.6. The van der Waals surface area contributed by atoms with E-state index in [1.54, 1.807) is 23.3 Å². The summed E-state index contributed by atoms with van der Waals surface area (Å²) in [7, 11) is 3.13. The number of esters is 1. The van der Waals surface area contributed by atoms with E-state index in [0.29, 0.717) is 24.1 Å². The Bertz CT molecular complexity index is 902. The number of carbonyl (C=O) groups is 2. The van der Waals surface area contributed by atoms with Gasteiger partial charge in [-0.1, -0.05) is 6.07 Å². The summed E-state index contributed by atoms with van der Waals surface area (Å²) in [4.78, 5) is 28.9. The molecule has 8 nitrogen and oxygen atoms in total. The summed E-state index contributed by atoms with van der Waals surface area (Å²) in [6.07, 6.45) is 6.52. The number of aromatic nitrogens is 2. The Labute approximate surface area is 157 Å². The molecule has 1 aromatic heterocycles. The van der Waals surface area contributed by atoms with E-state index in [9.17, 15) is 9.59 Å². The Morgan fingerprint density at radius 2 is 2.15 bits per heavy atom. The maximum atomic E-state index is 12.8. The summed E-state index contributed by atoms with van der Waals surface area (Å²) >= 11 is 0. The van der Waals surface area contributed by atoms with Crippen molar-refractivity contribution in [1.29, 1.82) is 0 Å². The molecule has 0 aliphatic carbocycles. The SMILES string of the molecule is COC(=O)c1ccc(C)c(C)c1NC(=O)C1CCC(n2ccnc2)=[N+](C)[N-]1. The molecule has 0 saturated heterocycles. The summed E-state index contributed by atoms with van der Waals surface area (Å²) in [6, 6.07) is 2.97. The van der Waals surface area contributed by atoms with E-state index in [2.05, 4.69) is 15.7 Å². The van der Waals surface area contributed by atoms with Gasteiger partial charge >= 0.3 is 5.97 Å². The molecule has 0 radical (unpaired) electrons. The number of ether oxygens (including phenoxy) is 1. The Hall–Kier alpha value is -3.16. The molecule has 1 amide bonds. The van der Waals surface area contributed by atoms with Gasteiger partial charge < -0.3 is 20.2 Å². The van der Waals surface area contributed by atoms with Gasteiger partial charge in [0.25, 0.3) is 0 Å². The number of imidazole rings is 1. The van der Waals surface area contributed by atoms with E-state index < -0.39 is 12.0 Å². The van der Waals surface area contributed by atoms with Gasteiger partial charge in [-0.15, -0.1) is 0 Å². The van der Waals surface area contributed by atoms with Crippen LogP contribution < -0.4 is 5.32 Å². The van der Waals surface area contributed by atoms with Gasteiger partial charge in [-0.2, -0.15) is 4.57 Å². The molecule has 0 bridgehead atoms. The molecule has 142 valence electrons. The van der Waals surface area contributed by atoms with E-state index >= 15 is 0 Å². The first kappa shape index (κ1) is 18.6. The number of amides is 1. The van der Waals surface area contributed by atoms with Gasteiger partial charge in [-0.05, 0) is 43.5 Å². The number of hydrogen-bond acceptors (Lipinski definition) is 4. The molecule has 8 heteroatoms. The molecule has 1 aliphatic heterocycles. The van der Waals surface area contributed by atoms with Gasteiger partial charge in [-0.25, -0.2) is 9.78 Å². The zero-order valence-electron chi connectivity index (χ0n) is 15.9. The average molecular weight is 369 g/mol. The zero-order valence-corrected chi connectivity index (χ0v) is 15.9. The highest BCUT2D eigenvalue weighted by Crippen LogP contribution is 2.26. The molecule has 1 atom stereocenters. The number of nitrogens with zero attached hydrogens (tertiary/aromatic N) is 4. The minimum Gasteiger partial charge on any atom is -0.516 e. The second kappa shape index (κ2) is 7.61. The fraction of sp³-hybridized carbons (Fsp3) is 0.368. The van der Waals surface area contributed by atoms with Crippen molar-refractivity contribution in [3.8, 4) is 0 Å². The van der Waals surface area contributed by atoms with Crippen LogP contribution in [0.1, 0.15) is 34.3 Å². The fourth-order valence-electron chi connectivity index (χ4n) is 3.12. The molecule has 27 heavy (non-hydrogen) atoms. The van der Waals surface area contributed by atoms with Crippen molar-refractivity contribution in [1.82, 2.24) is 9.55 Å². The Balaban J connectivity index is 1.81. The van der Waals surface area contributed by atoms with Crippen LogP contribution in [0.5, 0.6) is 0 Å². The molecule has 2 heterocycles. The topological polar surface area (TPSA) is 90.3 Å². The van der Waals surface area contributed by atoms with Gasteiger partial charge in [0.05, 0.1) is 31.6 Å². The van der Waals surface area contributed by atoms with Crippen LogP contribution in [0.3, 0.4) is 0 Å². The second-order valence-corrected chi connectivity index (χ2v) is 6.49. The van der Waals surface area contributed by atoms with Crippen LogP contribution in [-0.2, 0) is 9.53 Å². The van der Waals surface area contributed by atoms with E-state index in [0.717, 1.165) is 17.0 Å². The third-order valence-electron chi connectivity index (χ3n) is 4.82. The number of nitrogens with one attached hydrogen (secondary N) is 1. The van der Waals surface area contributed by atoms with E-state index in [4.69, 9.17) is 4.74 Å². The molecule has 2 aromatic rings. The van der Waals surface area contributed by atoms with E-state index in [-0.39, 0.29) is 5.91 Å². The van der Waals surface area contributed by atoms with Crippen LogP contribution in [0.15, 0.2) is 30.9 Å². The number of aryl methyl sites for hydroxylation is 1. The number of carbonyl (C=O) groups excluding carboxylic acids is 2. The van der Waals surface area contributed by atoms with Crippen LogP contribution in [0.4, 0.5) is 5.69 Å². The average Bonchev–Trinajstić information content (AvgIpc) is 3.19. The van der Waals surface area contributed by atoms with Gasteiger partial charge in [0.15, 0.2) is 6.33 Å². The quantitative estimate of drug-likeness (QED) is 0.664. The monoisotopic (exact) mass is 369 g/mol. The first-order valence-corrected chi connectivity index (χ1v) is 8.70. The van der Waals surface area contributed by atoms with Crippen molar-refractivity contribution in [2.75, 3.05) is 19.5 Å². The second-order valence-electron chi connectivity index (χ2n) is 6.49. The number of anilines is 1. The van der Waals surface area contributed by atoms with Crippen LogP contribution in [0.2, 0.25) is 0 Å². The summed E-state index contributed by atoms with van der Waals surface area (Å²) in [5, 5.41) is 2.89. The molecule has 0 saturated carbocycles. The lowest BCUT2D eigenvalue weighted by molar-refractivity contribution is -0.455. The maximum absolute atomic E-state index is 12.8. The molecule has 1 aliphatic rings. The normalized spacial score (nSPS) is 16.7. The predicted octanol–water partition coefficient (Wildman–Crippen LogP) is 2.27. The summed E-state index contributed by atoms with van der Waals surface area (Å²) in [6.45, 7) is 3.80. The van der Waals surface area contributed by atoms with Gasteiger partial charge in [0, 0.05) is 6.42 Å². The van der Waals surface area contributed by atoms with E-state index in [1.807, 2.05) is 37.7 Å².